The van der Waals surface area contributed by atoms with E-state index in [0.717, 1.165) is 6.54 Å². The number of amides is 1. The molecule has 1 saturated carbocycles. The smallest absolute Gasteiger partial charge is 0.262 e. The van der Waals surface area contributed by atoms with E-state index in [4.69, 9.17) is 5.11 Å². The molecule has 0 unspecified atom stereocenters. The number of thiophene rings is 1. The van der Waals surface area contributed by atoms with Crippen LogP contribution in [0.25, 0.3) is 0 Å². The van der Waals surface area contributed by atoms with Gasteiger partial charge in [0.05, 0.1) is 0 Å². The SMILES string of the molecule is CSC1(CNC(=O)c2sccc2C#CCO)CC1. The molecule has 1 aliphatic carbocycles. The predicted octanol–water partition coefficient (Wildman–Crippen LogP) is 1.72. The number of carbonyl (C=O) groups is 1. The number of carbonyl (C=O) groups excluding carboxylic acids is 1. The Balaban J connectivity index is 1.98. The van der Waals surface area contributed by atoms with E-state index in [1.54, 1.807) is 0 Å². The molecule has 2 rings (SSSR count). The molecule has 1 aliphatic rings. The molecule has 0 aliphatic heterocycles. The van der Waals surface area contributed by atoms with E-state index in [1.165, 1.54) is 24.2 Å². The average molecular weight is 281 g/mol. The van der Waals surface area contributed by atoms with Gasteiger partial charge in [0.25, 0.3) is 5.91 Å². The number of thioether (sulfide) groups is 1. The van der Waals surface area contributed by atoms with E-state index in [0.29, 0.717) is 10.4 Å². The Hall–Kier alpha value is -0.960. The fraction of sp³-hybridized carbons (Fsp3) is 0.462. The van der Waals surface area contributed by atoms with E-state index >= 15 is 0 Å². The van der Waals surface area contributed by atoms with Gasteiger partial charge in [-0.05, 0) is 30.5 Å². The number of aliphatic hydroxyl groups excluding tert-OH is 1. The fourth-order valence-corrected chi connectivity index (χ4v) is 3.12. The third kappa shape index (κ3) is 3.08. The number of hydrogen-bond acceptors (Lipinski definition) is 4. The molecule has 0 radical (unpaired) electrons. The molecule has 96 valence electrons. The van der Waals surface area contributed by atoms with Crippen LogP contribution >= 0.6 is 23.1 Å². The van der Waals surface area contributed by atoms with Crippen LogP contribution in [0.3, 0.4) is 0 Å². The highest BCUT2D eigenvalue weighted by atomic mass is 32.2. The molecule has 1 amide bonds. The molecule has 0 spiro atoms. The summed E-state index contributed by atoms with van der Waals surface area (Å²) in [7, 11) is 0. The maximum atomic E-state index is 12.0. The maximum absolute atomic E-state index is 12.0. The highest BCUT2D eigenvalue weighted by Crippen LogP contribution is 2.46. The molecular weight excluding hydrogens is 266 g/mol. The lowest BCUT2D eigenvalue weighted by molar-refractivity contribution is 0.0957. The van der Waals surface area contributed by atoms with Crippen molar-refractivity contribution in [3.05, 3.63) is 21.9 Å². The zero-order chi connectivity index (χ0) is 13.0. The van der Waals surface area contributed by atoms with E-state index in [-0.39, 0.29) is 17.3 Å². The Labute approximate surface area is 115 Å². The van der Waals surface area contributed by atoms with Gasteiger partial charge in [-0.25, -0.2) is 0 Å². The quantitative estimate of drug-likeness (QED) is 0.826. The number of aliphatic hydroxyl groups is 1. The van der Waals surface area contributed by atoms with Crippen molar-refractivity contribution in [2.75, 3.05) is 19.4 Å². The normalized spacial score (nSPS) is 15.7. The second kappa shape index (κ2) is 5.79. The molecule has 0 saturated heterocycles. The highest BCUT2D eigenvalue weighted by Gasteiger charge is 2.42. The highest BCUT2D eigenvalue weighted by molar-refractivity contribution is 8.00. The minimum absolute atomic E-state index is 0.0624. The lowest BCUT2D eigenvalue weighted by Gasteiger charge is -2.12. The van der Waals surface area contributed by atoms with Gasteiger partial charge in [0.2, 0.25) is 0 Å². The zero-order valence-corrected chi connectivity index (χ0v) is 11.8. The van der Waals surface area contributed by atoms with Gasteiger partial charge in [-0.15, -0.1) is 11.3 Å². The number of rotatable bonds is 4. The minimum atomic E-state index is -0.188. The summed E-state index contributed by atoms with van der Waals surface area (Å²) >= 11 is 3.21. The van der Waals surface area contributed by atoms with Crippen LogP contribution in [0, 0.1) is 11.8 Å². The second-order valence-corrected chi connectivity index (χ2v) is 6.38. The Kier molecular flexibility index (Phi) is 4.33. The van der Waals surface area contributed by atoms with Gasteiger partial charge in [-0.1, -0.05) is 11.8 Å². The summed E-state index contributed by atoms with van der Waals surface area (Å²) in [6, 6.07) is 1.81. The number of hydrogen-bond donors (Lipinski definition) is 2. The largest absolute Gasteiger partial charge is 0.384 e. The first-order chi connectivity index (χ1) is 8.71. The van der Waals surface area contributed by atoms with Gasteiger partial charge >= 0.3 is 0 Å². The molecule has 1 heterocycles. The molecule has 0 bridgehead atoms. The summed E-state index contributed by atoms with van der Waals surface area (Å²) in [5.41, 5.74) is 0.695. The molecule has 0 atom stereocenters. The third-order valence-corrected chi connectivity index (χ3v) is 5.32. The Morgan fingerprint density at radius 3 is 3.06 bits per heavy atom. The lowest BCUT2D eigenvalue weighted by atomic mass is 10.2. The topological polar surface area (TPSA) is 49.3 Å². The molecule has 0 aromatic carbocycles. The van der Waals surface area contributed by atoms with Crippen LogP contribution in [-0.4, -0.2) is 35.2 Å². The van der Waals surface area contributed by atoms with Crippen molar-refractivity contribution in [3.8, 4) is 11.8 Å². The standard InChI is InChI=1S/C13H15NO2S2/c1-17-13(5-6-13)9-14-12(16)11-10(3-2-7-15)4-8-18-11/h4,8,15H,5-7,9H2,1H3,(H,14,16). The molecule has 3 nitrogen and oxygen atoms in total. The van der Waals surface area contributed by atoms with Crippen LogP contribution in [0.15, 0.2) is 11.4 Å². The first kappa shape index (κ1) is 13.5. The fourth-order valence-electron chi connectivity index (χ4n) is 1.63. The van der Waals surface area contributed by atoms with E-state index < -0.39 is 0 Å². The van der Waals surface area contributed by atoms with Crippen LogP contribution in [0.4, 0.5) is 0 Å². The van der Waals surface area contributed by atoms with Crippen molar-refractivity contribution in [3.63, 3.8) is 0 Å². The summed E-state index contributed by atoms with van der Waals surface area (Å²) in [5, 5.41) is 13.5. The van der Waals surface area contributed by atoms with Crippen LogP contribution in [0.2, 0.25) is 0 Å². The Bertz CT molecular complexity index is 495. The molecule has 2 N–H and O–H groups in total. The van der Waals surface area contributed by atoms with Crippen molar-refractivity contribution in [2.24, 2.45) is 0 Å². The van der Waals surface area contributed by atoms with Gasteiger partial charge in [-0.3, -0.25) is 4.79 Å². The van der Waals surface area contributed by atoms with E-state index in [9.17, 15) is 4.79 Å². The second-order valence-electron chi connectivity index (χ2n) is 4.19. The molecule has 1 aromatic heterocycles. The first-order valence-electron chi connectivity index (χ1n) is 5.71. The summed E-state index contributed by atoms with van der Waals surface area (Å²) < 4.78 is 0.268. The van der Waals surface area contributed by atoms with E-state index in [2.05, 4.69) is 23.4 Å². The first-order valence-corrected chi connectivity index (χ1v) is 7.82. The van der Waals surface area contributed by atoms with Gasteiger partial charge < -0.3 is 10.4 Å². The van der Waals surface area contributed by atoms with E-state index in [1.807, 2.05) is 23.2 Å². The zero-order valence-electron chi connectivity index (χ0n) is 10.2. The van der Waals surface area contributed by atoms with Crippen molar-refractivity contribution in [2.45, 2.75) is 17.6 Å². The van der Waals surface area contributed by atoms with Crippen LogP contribution < -0.4 is 5.32 Å². The molecule has 1 aromatic rings. The lowest BCUT2D eigenvalue weighted by Crippen LogP contribution is -2.31. The van der Waals surface area contributed by atoms with Gasteiger partial charge in [-0.2, -0.15) is 11.8 Å². The molecule has 18 heavy (non-hydrogen) atoms. The van der Waals surface area contributed by atoms with Crippen molar-refractivity contribution in [1.29, 1.82) is 0 Å². The summed E-state index contributed by atoms with van der Waals surface area (Å²) in [6.45, 7) is 0.532. The monoisotopic (exact) mass is 281 g/mol. The summed E-state index contributed by atoms with van der Waals surface area (Å²) in [6.07, 6.45) is 4.44. The van der Waals surface area contributed by atoms with Crippen molar-refractivity contribution >= 4 is 29.0 Å². The number of nitrogens with one attached hydrogen (secondary N) is 1. The predicted molar refractivity (Wildman–Crippen MR) is 76.1 cm³/mol. The molecule has 5 heteroatoms. The van der Waals surface area contributed by atoms with Gasteiger partial charge in [0.15, 0.2) is 0 Å². The van der Waals surface area contributed by atoms with Crippen LogP contribution in [0.1, 0.15) is 28.1 Å². The van der Waals surface area contributed by atoms with Crippen LogP contribution in [-0.2, 0) is 0 Å². The molecular formula is C13H15NO2S2. The van der Waals surface area contributed by atoms with Crippen molar-refractivity contribution in [1.82, 2.24) is 5.32 Å². The third-order valence-electron chi connectivity index (χ3n) is 2.99. The van der Waals surface area contributed by atoms with Crippen LogP contribution in [0.5, 0.6) is 0 Å². The average Bonchev–Trinajstić information content (AvgIpc) is 3.03. The Morgan fingerprint density at radius 2 is 2.44 bits per heavy atom. The van der Waals surface area contributed by atoms with Crippen molar-refractivity contribution < 1.29 is 9.90 Å². The van der Waals surface area contributed by atoms with Gasteiger partial charge in [0, 0.05) is 16.9 Å². The summed E-state index contributed by atoms with van der Waals surface area (Å²) in [4.78, 5) is 12.7. The summed E-state index contributed by atoms with van der Waals surface area (Å²) in [5.74, 6) is 5.30. The minimum Gasteiger partial charge on any atom is -0.384 e. The molecule has 1 fully saturated rings. The maximum Gasteiger partial charge on any atom is 0.262 e. The van der Waals surface area contributed by atoms with Gasteiger partial charge in [0.1, 0.15) is 11.5 Å². The Morgan fingerprint density at radius 1 is 1.67 bits per heavy atom.